The lowest BCUT2D eigenvalue weighted by Crippen LogP contribution is -2.31. The van der Waals surface area contributed by atoms with Crippen LogP contribution in [0.2, 0.25) is 0 Å². The van der Waals surface area contributed by atoms with Gasteiger partial charge in [0.2, 0.25) is 0 Å². The molecule has 99 valence electrons. The Labute approximate surface area is 112 Å². The van der Waals surface area contributed by atoms with Crippen LogP contribution in [0.5, 0.6) is 0 Å². The van der Waals surface area contributed by atoms with Gasteiger partial charge in [0.05, 0.1) is 0 Å². The predicted molar refractivity (Wildman–Crippen MR) is 65.0 cm³/mol. The summed E-state index contributed by atoms with van der Waals surface area (Å²) in [5.41, 5.74) is -2.25. The van der Waals surface area contributed by atoms with Gasteiger partial charge in [-0.2, -0.15) is 0 Å². The van der Waals surface area contributed by atoms with Gasteiger partial charge in [0.15, 0.2) is 0 Å². The molecular formula is C12H27AlO3-3. The molecule has 0 bridgehead atoms. The molecule has 3 radical (unpaired) electrons. The molecule has 0 aromatic carbocycles. The standard InChI is InChI=1S/3C4H9O.Al/c3*1-4(2,3)5;/h3*1-3H3;/q3*-1;. The highest BCUT2D eigenvalue weighted by molar-refractivity contribution is 5.75. The summed E-state index contributed by atoms with van der Waals surface area (Å²) in [7, 11) is 0. The third-order valence-electron chi connectivity index (χ3n) is 0. The molecule has 0 rings (SSSR count). The SMILES string of the molecule is CC(C)(C)[O-].CC(C)(C)[O-].CC(C)(C)[O-].[Al]. The van der Waals surface area contributed by atoms with Crippen molar-refractivity contribution in [1.82, 2.24) is 0 Å². The summed E-state index contributed by atoms with van der Waals surface area (Å²) in [6.45, 7) is 14.7. The van der Waals surface area contributed by atoms with Crippen molar-refractivity contribution >= 4 is 17.4 Å². The van der Waals surface area contributed by atoms with Crippen LogP contribution in [0.15, 0.2) is 0 Å². The smallest absolute Gasteiger partial charge is 0 e. The van der Waals surface area contributed by atoms with Gasteiger partial charge in [-0.1, -0.05) is 62.3 Å². The van der Waals surface area contributed by atoms with Crippen molar-refractivity contribution in [2.45, 2.75) is 79.1 Å². The molecular weight excluding hydrogens is 219 g/mol. The molecule has 0 aromatic rings. The molecule has 0 fully saturated rings. The number of rotatable bonds is 0. The van der Waals surface area contributed by atoms with Crippen molar-refractivity contribution in [2.24, 2.45) is 0 Å². The molecule has 0 spiro atoms. The zero-order valence-electron chi connectivity index (χ0n) is 12.3. The van der Waals surface area contributed by atoms with Crippen LogP contribution in [0.25, 0.3) is 0 Å². The van der Waals surface area contributed by atoms with E-state index in [4.69, 9.17) is 0 Å². The van der Waals surface area contributed by atoms with Crippen molar-refractivity contribution in [3.63, 3.8) is 0 Å². The van der Waals surface area contributed by atoms with Gasteiger partial charge < -0.3 is 15.3 Å². The van der Waals surface area contributed by atoms with E-state index in [0.717, 1.165) is 0 Å². The molecule has 0 heterocycles. The maximum atomic E-state index is 10.1. The summed E-state index contributed by atoms with van der Waals surface area (Å²) < 4.78 is 0. The van der Waals surface area contributed by atoms with E-state index in [1.807, 2.05) is 0 Å². The Hall–Kier alpha value is 0.412. The molecule has 3 nitrogen and oxygen atoms in total. The van der Waals surface area contributed by atoms with Crippen LogP contribution < -0.4 is 15.3 Å². The van der Waals surface area contributed by atoms with Crippen LogP contribution in [0, 0.1) is 0 Å². The lowest BCUT2D eigenvalue weighted by molar-refractivity contribution is -0.459. The zero-order valence-corrected chi connectivity index (χ0v) is 13.5. The van der Waals surface area contributed by atoms with Crippen molar-refractivity contribution in [2.75, 3.05) is 0 Å². The fourth-order valence-corrected chi connectivity index (χ4v) is 0. The minimum atomic E-state index is -0.750. The first-order chi connectivity index (χ1) is 6.00. The van der Waals surface area contributed by atoms with E-state index in [-0.39, 0.29) is 17.4 Å². The van der Waals surface area contributed by atoms with Crippen LogP contribution in [-0.2, 0) is 0 Å². The summed E-state index contributed by atoms with van der Waals surface area (Å²) in [6, 6.07) is 0. The van der Waals surface area contributed by atoms with Crippen LogP contribution in [0.3, 0.4) is 0 Å². The first kappa shape index (κ1) is 25.3. The molecule has 0 N–H and O–H groups in total. The maximum absolute atomic E-state index is 10.1. The summed E-state index contributed by atoms with van der Waals surface area (Å²) in [4.78, 5) is 0. The average Bonchev–Trinajstić information content (AvgIpc) is 1.41. The summed E-state index contributed by atoms with van der Waals surface area (Å²) in [5, 5.41) is 30.3. The van der Waals surface area contributed by atoms with E-state index in [2.05, 4.69) is 0 Å². The fourth-order valence-electron chi connectivity index (χ4n) is 0. The summed E-state index contributed by atoms with van der Waals surface area (Å²) in [6.07, 6.45) is 0. The third kappa shape index (κ3) is 15200. The minimum Gasteiger partial charge on any atom is -0.850 e. The van der Waals surface area contributed by atoms with Gasteiger partial charge in [0, 0.05) is 17.4 Å². The second-order valence-electron chi connectivity index (χ2n) is 6.34. The van der Waals surface area contributed by atoms with Gasteiger partial charge in [0.1, 0.15) is 0 Å². The van der Waals surface area contributed by atoms with E-state index >= 15 is 0 Å². The van der Waals surface area contributed by atoms with E-state index < -0.39 is 16.8 Å². The van der Waals surface area contributed by atoms with Crippen molar-refractivity contribution in [3.05, 3.63) is 0 Å². The first-order valence-electron chi connectivity index (χ1n) is 5.11. The Kier molecular flexibility index (Phi) is 14.9. The Balaban J connectivity index is -0.0000000655. The third-order valence-corrected chi connectivity index (χ3v) is 0. The number of hydrogen-bond donors (Lipinski definition) is 0. The molecule has 0 aliphatic heterocycles. The zero-order chi connectivity index (χ0) is 13.5. The summed E-state index contributed by atoms with van der Waals surface area (Å²) >= 11 is 0. The lowest BCUT2D eigenvalue weighted by Gasteiger charge is -2.23. The summed E-state index contributed by atoms with van der Waals surface area (Å²) in [5.74, 6) is 0. The van der Waals surface area contributed by atoms with Crippen LogP contribution in [0.1, 0.15) is 62.3 Å². The van der Waals surface area contributed by atoms with Gasteiger partial charge >= 0.3 is 0 Å². The topological polar surface area (TPSA) is 69.2 Å². The van der Waals surface area contributed by atoms with Gasteiger partial charge in [-0.25, -0.2) is 0 Å². The van der Waals surface area contributed by atoms with Crippen LogP contribution in [-0.4, -0.2) is 34.2 Å². The van der Waals surface area contributed by atoms with Crippen molar-refractivity contribution in [3.8, 4) is 0 Å². The molecule has 4 heteroatoms. The van der Waals surface area contributed by atoms with Gasteiger partial charge in [-0.05, 0) is 0 Å². The second kappa shape index (κ2) is 9.44. The molecule has 0 aliphatic carbocycles. The highest BCUT2D eigenvalue weighted by Crippen LogP contribution is 1.88. The minimum absolute atomic E-state index is 0. The first-order valence-corrected chi connectivity index (χ1v) is 5.11. The fraction of sp³-hybridized carbons (Fsp3) is 1.00. The molecule has 0 saturated carbocycles. The molecule has 0 amide bonds. The van der Waals surface area contributed by atoms with E-state index in [0.29, 0.717) is 0 Å². The van der Waals surface area contributed by atoms with Crippen LogP contribution >= 0.6 is 0 Å². The maximum Gasteiger partial charge on any atom is 0 e. The molecule has 0 aromatic heterocycles. The van der Waals surface area contributed by atoms with E-state index in [1.54, 1.807) is 62.3 Å². The highest BCUT2D eigenvalue weighted by atomic mass is 27.0. The number of hydrogen-bond acceptors (Lipinski definition) is 3. The molecule has 0 atom stereocenters. The Bertz CT molecular complexity index is 91.3. The molecule has 16 heavy (non-hydrogen) atoms. The van der Waals surface area contributed by atoms with Gasteiger partial charge in [-0.3, -0.25) is 0 Å². The van der Waals surface area contributed by atoms with Crippen molar-refractivity contribution < 1.29 is 15.3 Å². The monoisotopic (exact) mass is 246 g/mol. The Morgan fingerprint density at radius 1 is 0.438 bits per heavy atom. The largest absolute Gasteiger partial charge is 0.850 e. The van der Waals surface area contributed by atoms with E-state index in [9.17, 15) is 15.3 Å². The highest BCUT2D eigenvalue weighted by Gasteiger charge is 1.84. The lowest BCUT2D eigenvalue weighted by atomic mass is 10.2. The predicted octanol–water partition coefficient (Wildman–Crippen LogP) is 0.0548. The quantitative estimate of drug-likeness (QED) is 0.567. The van der Waals surface area contributed by atoms with Gasteiger partial charge in [0.25, 0.3) is 0 Å². The van der Waals surface area contributed by atoms with Crippen molar-refractivity contribution in [1.29, 1.82) is 0 Å². The average molecular weight is 246 g/mol. The molecule has 0 unspecified atom stereocenters. The Morgan fingerprint density at radius 2 is 0.438 bits per heavy atom. The second-order valence-corrected chi connectivity index (χ2v) is 6.34. The van der Waals surface area contributed by atoms with Gasteiger partial charge in [-0.15, -0.1) is 16.8 Å². The molecule has 0 saturated heterocycles. The normalized spacial score (nSPS) is 11.2. The Morgan fingerprint density at radius 3 is 0.438 bits per heavy atom. The van der Waals surface area contributed by atoms with E-state index in [1.165, 1.54) is 0 Å². The van der Waals surface area contributed by atoms with Crippen LogP contribution in [0.4, 0.5) is 0 Å². The molecule has 0 aliphatic rings.